The highest BCUT2D eigenvalue weighted by molar-refractivity contribution is 9.10. The van der Waals surface area contributed by atoms with Gasteiger partial charge in [0.2, 0.25) is 0 Å². The van der Waals surface area contributed by atoms with Gasteiger partial charge in [-0.1, -0.05) is 6.08 Å². The lowest BCUT2D eigenvalue weighted by Crippen LogP contribution is -2.41. The molecule has 1 aliphatic rings. The molecule has 0 unspecified atom stereocenters. The number of pyridine rings is 1. The van der Waals surface area contributed by atoms with Crippen LogP contribution in [0.1, 0.15) is 33.3 Å². The molecule has 1 aromatic heterocycles. The Hall–Kier alpha value is -0.495. The van der Waals surface area contributed by atoms with Crippen LogP contribution in [0.3, 0.4) is 0 Å². The Kier molecular flexibility index (Phi) is 4.78. The number of aromatic nitrogens is 1. The summed E-state index contributed by atoms with van der Waals surface area (Å²) >= 11 is 7.79. The van der Waals surface area contributed by atoms with Gasteiger partial charge in [-0.2, -0.15) is 12.6 Å². The van der Waals surface area contributed by atoms with Crippen LogP contribution in [0.2, 0.25) is 0 Å². The third kappa shape index (κ3) is 3.47. The molecule has 2 heterocycles. The predicted molar refractivity (Wildman–Crippen MR) is 94.3 cm³/mol. The van der Waals surface area contributed by atoms with Crippen molar-refractivity contribution in [1.82, 2.24) is 4.98 Å². The van der Waals surface area contributed by atoms with E-state index in [2.05, 4.69) is 33.5 Å². The maximum atomic E-state index is 6.05. The second-order valence-corrected chi connectivity index (χ2v) is 7.33. The maximum absolute atomic E-state index is 6.05. The quantitative estimate of drug-likeness (QED) is 0.632. The number of hydrogen-bond donors (Lipinski definition) is 2. The topological polar surface area (TPSA) is 57.4 Å². The van der Waals surface area contributed by atoms with Crippen LogP contribution in [0.15, 0.2) is 22.2 Å². The van der Waals surface area contributed by atoms with Crippen molar-refractivity contribution in [3.8, 4) is 0 Å². The first-order valence-corrected chi connectivity index (χ1v) is 8.17. The number of rotatable bonds is 3. The Labute approximate surface area is 140 Å². The molecule has 1 fully saturated rings. The summed E-state index contributed by atoms with van der Waals surface area (Å²) in [6.07, 6.45) is 3.60. The van der Waals surface area contributed by atoms with Gasteiger partial charge in [0.05, 0.1) is 11.2 Å². The van der Waals surface area contributed by atoms with Gasteiger partial charge < -0.3 is 15.0 Å². The number of nitrogen functional groups attached to an aromatic ring is 1. The number of nitrogens with zero attached hydrogens (tertiary/aromatic N) is 1. The molecule has 7 heteroatoms. The standard InChI is InChI=1S/C14H20BBrN2O2S/c1-13(2)14(3,4)20-15(19-13)10(8-21)5-9-6-11(16)7-18-12(9)17/h5-7,21H,8H2,1-4H3,(H2,17,18). The molecule has 0 bridgehead atoms. The van der Waals surface area contributed by atoms with Crippen LogP contribution in [-0.2, 0) is 9.31 Å². The summed E-state index contributed by atoms with van der Waals surface area (Å²) < 4.78 is 13.0. The van der Waals surface area contributed by atoms with Crippen LogP contribution in [0.5, 0.6) is 0 Å². The van der Waals surface area contributed by atoms with Crippen LogP contribution in [0, 0.1) is 0 Å². The van der Waals surface area contributed by atoms with E-state index in [0.29, 0.717) is 11.6 Å². The molecule has 4 nitrogen and oxygen atoms in total. The third-order valence-electron chi connectivity index (χ3n) is 4.00. The van der Waals surface area contributed by atoms with E-state index in [1.54, 1.807) is 6.20 Å². The molecule has 0 amide bonds. The molecule has 1 aromatic rings. The van der Waals surface area contributed by atoms with Crippen molar-refractivity contribution < 1.29 is 9.31 Å². The van der Waals surface area contributed by atoms with Gasteiger partial charge in [0.1, 0.15) is 5.82 Å². The molecule has 2 rings (SSSR count). The van der Waals surface area contributed by atoms with Crippen LogP contribution < -0.4 is 5.73 Å². The fourth-order valence-corrected chi connectivity index (χ4v) is 2.55. The van der Waals surface area contributed by atoms with Crippen LogP contribution in [-0.4, -0.2) is 29.1 Å². The van der Waals surface area contributed by atoms with Crippen molar-refractivity contribution >= 4 is 47.6 Å². The molecule has 1 saturated heterocycles. The highest BCUT2D eigenvalue weighted by Crippen LogP contribution is 2.39. The summed E-state index contributed by atoms with van der Waals surface area (Å²) in [6.45, 7) is 8.10. The van der Waals surface area contributed by atoms with E-state index in [-0.39, 0.29) is 11.2 Å². The van der Waals surface area contributed by atoms with Gasteiger partial charge in [0.25, 0.3) is 0 Å². The van der Waals surface area contributed by atoms with Crippen molar-refractivity contribution in [3.05, 3.63) is 27.8 Å². The first kappa shape index (κ1) is 16.9. The van der Waals surface area contributed by atoms with Crippen molar-refractivity contribution in [1.29, 1.82) is 0 Å². The molecule has 0 aromatic carbocycles. The lowest BCUT2D eigenvalue weighted by atomic mass is 9.78. The normalized spacial score (nSPS) is 20.9. The van der Waals surface area contributed by atoms with E-state index < -0.39 is 7.12 Å². The highest BCUT2D eigenvalue weighted by atomic mass is 79.9. The van der Waals surface area contributed by atoms with Crippen molar-refractivity contribution in [3.63, 3.8) is 0 Å². The Morgan fingerprint density at radius 2 is 1.95 bits per heavy atom. The van der Waals surface area contributed by atoms with Gasteiger partial charge in [-0.15, -0.1) is 0 Å². The van der Waals surface area contributed by atoms with Gasteiger partial charge in [0.15, 0.2) is 0 Å². The average molecular weight is 371 g/mol. The second-order valence-electron chi connectivity index (χ2n) is 6.09. The summed E-state index contributed by atoms with van der Waals surface area (Å²) in [7, 11) is -0.425. The zero-order chi connectivity index (χ0) is 15.8. The fraction of sp³-hybridized carbons (Fsp3) is 0.500. The number of halogens is 1. The lowest BCUT2D eigenvalue weighted by Gasteiger charge is -2.32. The van der Waals surface area contributed by atoms with Gasteiger partial charge in [-0.3, -0.25) is 0 Å². The predicted octanol–water partition coefficient (Wildman–Crippen LogP) is 3.37. The molecule has 0 atom stereocenters. The van der Waals surface area contributed by atoms with Crippen molar-refractivity contribution in [2.45, 2.75) is 38.9 Å². The first-order valence-electron chi connectivity index (χ1n) is 6.74. The SMILES string of the molecule is CC1(C)OB(C(=Cc2cc(Br)cnc2N)CS)OC1(C)C. The fourth-order valence-electron chi connectivity index (χ4n) is 1.96. The summed E-state index contributed by atoms with van der Waals surface area (Å²) in [5.41, 5.74) is 6.91. The minimum absolute atomic E-state index is 0.374. The van der Waals surface area contributed by atoms with E-state index in [0.717, 1.165) is 15.5 Å². The number of thiol groups is 1. The molecule has 0 spiro atoms. The van der Waals surface area contributed by atoms with Gasteiger partial charge in [-0.25, -0.2) is 4.98 Å². The maximum Gasteiger partial charge on any atom is 0.491 e. The van der Waals surface area contributed by atoms with Crippen molar-refractivity contribution in [2.75, 3.05) is 11.5 Å². The molecule has 0 radical (unpaired) electrons. The highest BCUT2D eigenvalue weighted by Gasteiger charge is 2.52. The van der Waals surface area contributed by atoms with E-state index in [1.165, 1.54) is 0 Å². The van der Waals surface area contributed by atoms with E-state index >= 15 is 0 Å². The summed E-state index contributed by atoms with van der Waals surface area (Å²) in [6, 6.07) is 1.91. The van der Waals surface area contributed by atoms with Crippen molar-refractivity contribution in [2.24, 2.45) is 0 Å². The minimum Gasteiger partial charge on any atom is -0.400 e. The largest absolute Gasteiger partial charge is 0.491 e. The van der Waals surface area contributed by atoms with Gasteiger partial charge in [0, 0.05) is 22.0 Å². The molecule has 1 aliphatic heterocycles. The molecule has 0 saturated carbocycles. The molecular formula is C14H20BBrN2O2S. The van der Waals surface area contributed by atoms with Crippen LogP contribution in [0.4, 0.5) is 5.82 Å². The van der Waals surface area contributed by atoms with Gasteiger partial charge in [-0.05, 0) is 55.2 Å². The number of hydrogen-bond acceptors (Lipinski definition) is 5. The Balaban J connectivity index is 2.33. The van der Waals surface area contributed by atoms with Crippen LogP contribution in [0.25, 0.3) is 6.08 Å². The Bertz CT molecular complexity index is 562. The molecular weight excluding hydrogens is 351 g/mol. The number of nitrogens with two attached hydrogens (primary N) is 1. The molecule has 114 valence electrons. The zero-order valence-corrected chi connectivity index (χ0v) is 15.2. The zero-order valence-electron chi connectivity index (χ0n) is 12.7. The molecule has 21 heavy (non-hydrogen) atoms. The molecule has 0 aliphatic carbocycles. The van der Waals surface area contributed by atoms with E-state index in [1.807, 2.05) is 39.8 Å². The average Bonchev–Trinajstić information content (AvgIpc) is 2.59. The van der Waals surface area contributed by atoms with E-state index in [4.69, 9.17) is 15.0 Å². The third-order valence-corrected chi connectivity index (χ3v) is 4.79. The Morgan fingerprint density at radius 1 is 1.38 bits per heavy atom. The summed E-state index contributed by atoms with van der Waals surface area (Å²) in [5, 5.41) is 0. The van der Waals surface area contributed by atoms with E-state index in [9.17, 15) is 0 Å². The number of anilines is 1. The molecule has 2 N–H and O–H groups in total. The second kappa shape index (κ2) is 5.95. The van der Waals surface area contributed by atoms with Gasteiger partial charge >= 0.3 is 7.12 Å². The summed E-state index contributed by atoms with van der Waals surface area (Å²) in [5.74, 6) is 0.983. The Morgan fingerprint density at radius 3 is 2.48 bits per heavy atom. The van der Waals surface area contributed by atoms with Crippen LogP contribution >= 0.6 is 28.6 Å². The monoisotopic (exact) mass is 370 g/mol. The smallest absolute Gasteiger partial charge is 0.400 e. The first-order chi connectivity index (χ1) is 9.66. The summed E-state index contributed by atoms with van der Waals surface area (Å²) in [4.78, 5) is 4.13. The lowest BCUT2D eigenvalue weighted by molar-refractivity contribution is 0.00578. The minimum atomic E-state index is -0.425.